The van der Waals surface area contributed by atoms with Crippen molar-refractivity contribution in [2.24, 2.45) is 5.73 Å². The number of esters is 1. The third-order valence-corrected chi connectivity index (χ3v) is 4.81. The fourth-order valence-electron chi connectivity index (χ4n) is 3.54. The lowest BCUT2D eigenvalue weighted by Gasteiger charge is -2.29. The number of methoxy groups -OCH3 is 1. The zero-order valence-electron chi connectivity index (χ0n) is 16.4. The highest BCUT2D eigenvalue weighted by atomic mass is 16.5. The van der Waals surface area contributed by atoms with Crippen LogP contribution < -0.4 is 20.8 Å². The second-order valence-corrected chi connectivity index (χ2v) is 6.42. The fourth-order valence-corrected chi connectivity index (χ4v) is 3.54. The lowest BCUT2D eigenvalue weighted by Crippen LogP contribution is -2.35. The number of nitrogens with zero attached hydrogens (tertiary/aromatic N) is 1. The van der Waals surface area contributed by atoms with Crippen LogP contribution in [0.15, 0.2) is 46.6 Å². The van der Waals surface area contributed by atoms with Crippen LogP contribution >= 0.6 is 0 Å². The van der Waals surface area contributed by atoms with Crippen LogP contribution in [-0.4, -0.2) is 24.3 Å². The molecule has 28 heavy (non-hydrogen) atoms. The summed E-state index contributed by atoms with van der Waals surface area (Å²) in [4.78, 5) is 26.0. The molecule has 0 aliphatic carbocycles. The summed E-state index contributed by atoms with van der Waals surface area (Å²) in [7, 11) is 1.56. The fraction of sp³-hybridized carbons (Fsp3) is 0.333. The molecular weight excluding hydrogens is 360 g/mol. The van der Waals surface area contributed by atoms with E-state index >= 15 is 0 Å². The molecule has 0 saturated carbocycles. The van der Waals surface area contributed by atoms with Crippen molar-refractivity contribution in [3.05, 3.63) is 69.0 Å². The smallest absolute Gasteiger partial charge is 0.340 e. The molecule has 7 nitrogen and oxygen atoms in total. The minimum Gasteiger partial charge on any atom is -0.497 e. The first-order valence-corrected chi connectivity index (χ1v) is 9.15. The normalized spacial score (nSPS) is 15.6. The molecule has 0 fully saturated rings. The van der Waals surface area contributed by atoms with Gasteiger partial charge in [0.25, 0.3) is 5.56 Å². The molecular formula is C21H24N2O5. The van der Waals surface area contributed by atoms with E-state index in [4.69, 9.17) is 19.9 Å². The average molecular weight is 384 g/mol. The van der Waals surface area contributed by atoms with Gasteiger partial charge >= 0.3 is 5.97 Å². The summed E-state index contributed by atoms with van der Waals surface area (Å²) in [6.07, 6.45) is 0. The minimum absolute atomic E-state index is 0.0631. The van der Waals surface area contributed by atoms with Crippen molar-refractivity contribution < 1.29 is 19.0 Å². The van der Waals surface area contributed by atoms with Crippen LogP contribution in [0.1, 0.15) is 36.6 Å². The Hall–Kier alpha value is -3.22. The van der Waals surface area contributed by atoms with Crippen LogP contribution in [0.25, 0.3) is 0 Å². The molecule has 2 heterocycles. The highest BCUT2D eigenvalue weighted by Crippen LogP contribution is 2.42. The van der Waals surface area contributed by atoms with Gasteiger partial charge < -0.3 is 24.5 Å². The van der Waals surface area contributed by atoms with Crippen LogP contribution in [0.3, 0.4) is 0 Å². The van der Waals surface area contributed by atoms with E-state index in [0.29, 0.717) is 29.2 Å². The molecule has 1 aromatic heterocycles. The topological polar surface area (TPSA) is 92.8 Å². The number of carbonyl (C=O) groups is 1. The first kappa shape index (κ1) is 19.5. The lowest BCUT2D eigenvalue weighted by atomic mass is 9.83. The standard InChI is InChI=1S/C21H24N2O5/c1-5-23-12(3)10-15-17(20(23)24)16(13-8-7-9-14(11-13)26-4)18(19(22)28-15)21(25)27-6-2/h7-11,16H,5-6,22H2,1-4H3/t16-/m1/s1. The van der Waals surface area contributed by atoms with Gasteiger partial charge in [-0.25, -0.2) is 4.79 Å². The summed E-state index contributed by atoms with van der Waals surface area (Å²) in [5, 5.41) is 0. The van der Waals surface area contributed by atoms with Crippen molar-refractivity contribution >= 4 is 5.97 Å². The van der Waals surface area contributed by atoms with Gasteiger partial charge in [0.1, 0.15) is 17.1 Å². The molecule has 7 heteroatoms. The van der Waals surface area contributed by atoms with Crippen LogP contribution in [0, 0.1) is 6.92 Å². The van der Waals surface area contributed by atoms with E-state index in [-0.39, 0.29) is 23.6 Å². The number of aromatic nitrogens is 1. The summed E-state index contributed by atoms with van der Waals surface area (Å²) in [5.41, 5.74) is 7.81. The Morgan fingerprint density at radius 2 is 2.04 bits per heavy atom. The molecule has 0 saturated heterocycles. The van der Waals surface area contributed by atoms with Gasteiger partial charge in [-0.1, -0.05) is 12.1 Å². The van der Waals surface area contributed by atoms with E-state index in [1.165, 1.54) is 0 Å². The summed E-state index contributed by atoms with van der Waals surface area (Å²) in [6, 6.07) is 8.96. The molecule has 0 radical (unpaired) electrons. The summed E-state index contributed by atoms with van der Waals surface area (Å²) >= 11 is 0. The highest BCUT2D eigenvalue weighted by molar-refractivity contribution is 5.92. The van der Waals surface area contributed by atoms with Gasteiger partial charge in [0.15, 0.2) is 0 Å². The zero-order valence-corrected chi connectivity index (χ0v) is 16.4. The van der Waals surface area contributed by atoms with E-state index in [1.807, 2.05) is 19.9 Å². The Kier molecular flexibility index (Phi) is 5.44. The number of carbonyl (C=O) groups excluding carboxylic acids is 1. The summed E-state index contributed by atoms with van der Waals surface area (Å²) in [5.74, 6) is -0.432. The molecule has 3 rings (SSSR count). The molecule has 2 N–H and O–H groups in total. The third kappa shape index (κ3) is 3.24. The van der Waals surface area contributed by atoms with E-state index in [2.05, 4.69) is 0 Å². The van der Waals surface area contributed by atoms with Crippen molar-refractivity contribution in [1.29, 1.82) is 0 Å². The minimum atomic E-state index is -0.719. The van der Waals surface area contributed by atoms with Gasteiger partial charge in [-0.05, 0) is 38.5 Å². The predicted octanol–water partition coefficient (Wildman–Crippen LogP) is 2.44. The van der Waals surface area contributed by atoms with E-state index in [0.717, 1.165) is 5.69 Å². The number of pyridine rings is 1. The number of aryl methyl sites for hydroxylation is 1. The highest BCUT2D eigenvalue weighted by Gasteiger charge is 2.38. The average Bonchev–Trinajstić information content (AvgIpc) is 2.67. The largest absolute Gasteiger partial charge is 0.497 e. The monoisotopic (exact) mass is 384 g/mol. The van der Waals surface area contributed by atoms with Crippen LogP contribution in [0.5, 0.6) is 11.5 Å². The molecule has 1 aromatic carbocycles. The third-order valence-electron chi connectivity index (χ3n) is 4.81. The maximum absolute atomic E-state index is 13.3. The predicted molar refractivity (Wildman–Crippen MR) is 104 cm³/mol. The molecule has 0 spiro atoms. The van der Waals surface area contributed by atoms with Gasteiger partial charge in [0, 0.05) is 18.3 Å². The van der Waals surface area contributed by atoms with Crippen molar-refractivity contribution in [3.63, 3.8) is 0 Å². The summed E-state index contributed by atoms with van der Waals surface area (Å²) in [6.45, 7) is 6.11. The van der Waals surface area contributed by atoms with Gasteiger partial charge in [-0.15, -0.1) is 0 Å². The Morgan fingerprint density at radius 1 is 1.29 bits per heavy atom. The number of benzene rings is 1. The second kappa shape index (κ2) is 7.80. The van der Waals surface area contributed by atoms with Gasteiger partial charge in [0.2, 0.25) is 5.88 Å². The Bertz CT molecular complexity index is 1010. The Labute approximate surface area is 163 Å². The first-order valence-electron chi connectivity index (χ1n) is 9.15. The molecule has 2 aromatic rings. The molecule has 0 amide bonds. The van der Waals surface area contributed by atoms with Crippen LogP contribution in [-0.2, 0) is 16.1 Å². The molecule has 0 bridgehead atoms. The number of ether oxygens (including phenoxy) is 3. The number of hydrogen-bond donors (Lipinski definition) is 1. The maximum atomic E-state index is 13.3. The Balaban J connectivity index is 2.32. The first-order chi connectivity index (χ1) is 13.4. The molecule has 1 aliphatic rings. The van der Waals surface area contributed by atoms with E-state index < -0.39 is 11.9 Å². The van der Waals surface area contributed by atoms with Gasteiger partial charge in [0.05, 0.1) is 25.2 Å². The zero-order chi connectivity index (χ0) is 20.4. The molecule has 0 unspecified atom stereocenters. The van der Waals surface area contributed by atoms with E-state index in [1.54, 1.807) is 42.9 Å². The van der Waals surface area contributed by atoms with Crippen molar-refractivity contribution in [1.82, 2.24) is 4.57 Å². The van der Waals surface area contributed by atoms with Crippen LogP contribution in [0.2, 0.25) is 0 Å². The van der Waals surface area contributed by atoms with Crippen molar-refractivity contribution in [3.8, 4) is 11.5 Å². The number of hydrogen-bond acceptors (Lipinski definition) is 6. The van der Waals surface area contributed by atoms with Gasteiger partial charge in [-0.2, -0.15) is 0 Å². The summed E-state index contributed by atoms with van der Waals surface area (Å²) < 4.78 is 17.9. The Morgan fingerprint density at radius 3 is 2.68 bits per heavy atom. The molecule has 1 atom stereocenters. The molecule has 148 valence electrons. The lowest BCUT2D eigenvalue weighted by molar-refractivity contribution is -0.139. The van der Waals surface area contributed by atoms with E-state index in [9.17, 15) is 9.59 Å². The van der Waals surface area contributed by atoms with Crippen molar-refractivity contribution in [2.75, 3.05) is 13.7 Å². The van der Waals surface area contributed by atoms with Gasteiger partial charge in [-0.3, -0.25) is 4.79 Å². The second-order valence-electron chi connectivity index (χ2n) is 6.42. The van der Waals surface area contributed by atoms with Crippen LogP contribution in [0.4, 0.5) is 0 Å². The van der Waals surface area contributed by atoms with Crippen molar-refractivity contribution in [2.45, 2.75) is 33.2 Å². The SMILES string of the molecule is CCOC(=O)C1=C(N)Oc2cc(C)n(CC)c(=O)c2[C@H]1c1cccc(OC)c1. The number of nitrogens with two attached hydrogens (primary N) is 1. The molecule has 1 aliphatic heterocycles. The number of rotatable bonds is 5. The maximum Gasteiger partial charge on any atom is 0.340 e. The number of fused-ring (bicyclic) bond motifs is 1. The quantitative estimate of drug-likeness (QED) is 0.796.